The Morgan fingerprint density at radius 1 is 1.20 bits per heavy atom. The molecule has 1 aliphatic carbocycles. The van der Waals surface area contributed by atoms with Crippen molar-refractivity contribution in [2.45, 2.75) is 69.0 Å². The van der Waals surface area contributed by atoms with Gasteiger partial charge in [0.1, 0.15) is 0 Å². The maximum absolute atomic E-state index is 11.1. The lowest BCUT2D eigenvalue weighted by atomic mass is 9.84. The molecular formula is C20H29ClO4. The van der Waals surface area contributed by atoms with E-state index in [1.165, 1.54) is 7.11 Å². The first kappa shape index (κ1) is 20.2. The molecule has 4 atom stereocenters. The van der Waals surface area contributed by atoms with Crippen LogP contribution in [0.25, 0.3) is 0 Å². The van der Waals surface area contributed by atoms with Crippen molar-refractivity contribution in [1.82, 2.24) is 0 Å². The van der Waals surface area contributed by atoms with Crippen LogP contribution in [-0.4, -0.2) is 34.8 Å². The molecule has 4 nitrogen and oxygen atoms in total. The van der Waals surface area contributed by atoms with Gasteiger partial charge in [0.05, 0.1) is 19.8 Å². The van der Waals surface area contributed by atoms with Gasteiger partial charge in [0.2, 0.25) is 0 Å². The molecule has 2 rings (SSSR count). The molecule has 0 heterocycles. The Balaban J connectivity index is 1.85. The third-order valence-corrected chi connectivity index (χ3v) is 5.75. The zero-order valence-electron chi connectivity index (χ0n) is 14.9. The summed E-state index contributed by atoms with van der Waals surface area (Å²) in [4.78, 5) is 11.1. The van der Waals surface area contributed by atoms with Crippen molar-refractivity contribution in [2.24, 2.45) is 5.92 Å². The lowest BCUT2D eigenvalue weighted by Gasteiger charge is -2.24. The van der Waals surface area contributed by atoms with Crippen LogP contribution in [0.15, 0.2) is 24.3 Å². The third-order valence-electron chi connectivity index (χ3n) is 5.25. The molecule has 0 radical (unpaired) electrons. The molecule has 25 heavy (non-hydrogen) atoms. The number of hydrogen-bond donors (Lipinski definition) is 2. The number of halogens is 1. The predicted molar refractivity (Wildman–Crippen MR) is 98.6 cm³/mol. The van der Waals surface area contributed by atoms with Crippen LogP contribution in [0.1, 0.15) is 62.0 Å². The molecule has 1 saturated carbocycles. The first-order valence-electron chi connectivity index (χ1n) is 9.15. The second-order valence-electron chi connectivity index (χ2n) is 6.94. The van der Waals surface area contributed by atoms with Gasteiger partial charge in [-0.1, -0.05) is 43.5 Å². The summed E-state index contributed by atoms with van der Waals surface area (Å²) in [6, 6.07) is 7.82. The molecule has 0 aliphatic heterocycles. The number of carbonyl (C=O) groups excluding carboxylic acids is 1. The molecule has 0 bridgehead atoms. The van der Waals surface area contributed by atoms with E-state index < -0.39 is 6.10 Å². The lowest BCUT2D eigenvalue weighted by Crippen LogP contribution is -2.19. The first-order valence-corrected chi connectivity index (χ1v) is 9.59. The van der Waals surface area contributed by atoms with Crippen LogP contribution in [0, 0.1) is 5.92 Å². The van der Waals surface area contributed by atoms with Crippen molar-refractivity contribution < 1.29 is 19.7 Å². The fourth-order valence-corrected chi connectivity index (χ4v) is 4.31. The first-order chi connectivity index (χ1) is 12.1. The van der Waals surface area contributed by atoms with Gasteiger partial charge in [-0.25, -0.2) is 0 Å². The lowest BCUT2D eigenvalue weighted by molar-refractivity contribution is -0.140. The summed E-state index contributed by atoms with van der Waals surface area (Å²) in [7, 11) is 1.42. The van der Waals surface area contributed by atoms with Crippen LogP contribution in [0.5, 0.6) is 0 Å². The van der Waals surface area contributed by atoms with E-state index in [1.807, 2.05) is 24.3 Å². The second-order valence-corrected chi connectivity index (χ2v) is 7.50. The number of alkyl halides is 1. The van der Waals surface area contributed by atoms with Gasteiger partial charge in [0.15, 0.2) is 0 Å². The maximum Gasteiger partial charge on any atom is 0.305 e. The average Bonchev–Trinajstić information content (AvgIpc) is 2.91. The van der Waals surface area contributed by atoms with E-state index >= 15 is 0 Å². The van der Waals surface area contributed by atoms with Crippen LogP contribution in [0.2, 0.25) is 0 Å². The number of carbonyl (C=O) groups is 1. The van der Waals surface area contributed by atoms with Crippen molar-refractivity contribution in [2.75, 3.05) is 7.11 Å². The normalized spacial score (nSPS) is 25.9. The Labute approximate surface area is 155 Å². The Morgan fingerprint density at radius 3 is 2.52 bits per heavy atom. The minimum absolute atomic E-state index is 0.00686. The standard InChI is InChI=1S/C20H29ClO4/c1-25-19(24)7-5-3-2-4-6-16-17(21)12-18(23)20(16)15-10-8-14(13-22)9-11-15/h8-11,16-18,20,22-23H,2-7,12-13H2,1H3/t16-,17-,18+,20+/m0/s1. The minimum Gasteiger partial charge on any atom is -0.469 e. The molecule has 1 aromatic rings. The number of unbranched alkanes of at least 4 members (excludes halogenated alkanes) is 3. The van der Waals surface area contributed by atoms with Gasteiger partial charge in [-0.05, 0) is 36.3 Å². The molecule has 0 amide bonds. The van der Waals surface area contributed by atoms with Gasteiger partial charge in [0, 0.05) is 17.7 Å². The smallest absolute Gasteiger partial charge is 0.305 e. The zero-order valence-corrected chi connectivity index (χ0v) is 15.6. The highest BCUT2D eigenvalue weighted by molar-refractivity contribution is 6.21. The molecule has 2 N–H and O–H groups in total. The van der Waals surface area contributed by atoms with Gasteiger partial charge >= 0.3 is 5.97 Å². The van der Waals surface area contributed by atoms with E-state index in [0.29, 0.717) is 12.8 Å². The molecule has 0 unspecified atom stereocenters. The van der Waals surface area contributed by atoms with E-state index in [4.69, 9.17) is 11.6 Å². The Hall–Kier alpha value is -1.10. The van der Waals surface area contributed by atoms with Crippen LogP contribution in [-0.2, 0) is 16.1 Å². The molecule has 1 aliphatic rings. The molecule has 1 aromatic carbocycles. The number of benzene rings is 1. The highest BCUT2D eigenvalue weighted by atomic mass is 35.5. The number of aliphatic hydroxyl groups excluding tert-OH is 2. The predicted octanol–water partition coefficient (Wildman–Crippen LogP) is 3.76. The summed E-state index contributed by atoms with van der Waals surface area (Å²) in [5.74, 6) is 0.175. The Kier molecular flexibility index (Phi) is 8.20. The van der Waals surface area contributed by atoms with E-state index in [1.54, 1.807) is 0 Å². The molecule has 0 spiro atoms. The van der Waals surface area contributed by atoms with E-state index in [9.17, 15) is 15.0 Å². The third kappa shape index (κ3) is 5.70. The molecule has 5 heteroatoms. The van der Waals surface area contributed by atoms with Crippen molar-refractivity contribution in [3.8, 4) is 0 Å². The van der Waals surface area contributed by atoms with Crippen molar-refractivity contribution >= 4 is 17.6 Å². The quantitative estimate of drug-likeness (QED) is 0.395. The summed E-state index contributed by atoms with van der Waals surface area (Å²) in [6.07, 6.45) is 5.65. The van der Waals surface area contributed by atoms with E-state index in [2.05, 4.69) is 4.74 Å². The number of aliphatic hydroxyl groups is 2. The van der Waals surface area contributed by atoms with E-state index in [0.717, 1.165) is 43.2 Å². The summed E-state index contributed by atoms with van der Waals surface area (Å²) in [6.45, 7) is 0.0284. The van der Waals surface area contributed by atoms with Gasteiger partial charge < -0.3 is 14.9 Å². The largest absolute Gasteiger partial charge is 0.469 e. The highest BCUT2D eigenvalue weighted by Crippen LogP contribution is 2.45. The number of esters is 1. The van der Waals surface area contributed by atoms with Gasteiger partial charge in [0.25, 0.3) is 0 Å². The van der Waals surface area contributed by atoms with Crippen LogP contribution < -0.4 is 0 Å². The van der Waals surface area contributed by atoms with Gasteiger partial charge in [-0.15, -0.1) is 11.6 Å². The second kappa shape index (κ2) is 10.1. The summed E-state index contributed by atoms with van der Waals surface area (Å²) in [5, 5.41) is 19.6. The highest BCUT2D eigenvalue weighted by Gasteiger charge is 2.41. The summed E-state index contributed by atoms with van der Waals surface area (Å²) >= 11 is 6.52. The SMILES string of the molecule is COC(=O)CCCCCC[C@@H]1[C@@H](c2ccc(CO)cc2)[C@H](O)C[C@@H]1Cl. The van der Waals surface area contributed by atoms with Crippen LogP contribution >= 0.6 is 11.6 Å². The van der Waals surface area contributed by atoms with Gasteiger partial charge in [-0.3, -0.25) is 4.79 Å². The van der Waals surface area contributed by atoms with Crippen molar-refractivity contribution in [3.63, 3.8) is 0 Å². The zero-order chi connectivity index (χ0) is 18.2. The Morgan fingerprint density at radius 2 is 1.88 bits per heavy atom. The summed E-state index contributed by atoms with van der Waals surface area (Å²) in [5.41, 5.74) is 1.98. The van der Waals surface area contributed by atoms with Crippen LogP contribution in [0.4, 0.5) is 0 Å². The minimum atomic E-state index is -0.410. The number of hydrogen-bond acceptors (Lipinski definition) is 4. The van der Waals surface area contributed by atoms with Crippen LogP contribution in [0.3, 0.4) is 0 Å². The van der Waals surface area contributed by atoms with Gasteiger partial charge in [-0.2, -0.15) is 0 Å². The molecule has 0 saturated heterocycles. The topological polar surface area (TPSA) is 66.8 Å². The molecule has 1 fully saturated rings. The monoisotopic (exact) mass is 368 g/mol. The average molecular weight is 369 g/mol. The van der Waals surface area contributed by atoms with Crippen molar-refractivity contribution in [1.29, 1.82) is 0 Å². The fraction of sp³-hybridized carbons (Fsp3) is 0.650. The molecule has 140 valence electrons. The van der Waals surface area contributed by atoms with Crippen molar-refractivity contribution in [3.05, 3.63) is 35.4 Å². The maximum atomic E-state index is 11.1. The fourth-order valence-electron chi connectivity index (χ4n) is 3.84. The molecule has 0 aromatic heterocycles. The number of methoxy groups -OCH3 is 1. The Bertz CT molecular complexity index is 531. The van der Waals surface area contributed by atoms with E-state index in [-0.39, 0.29) is 29.8 Å². The number of ether oxygens (including phenoxy) is 1. The summed E-state index contributed by atoms with van der Waals surface area (Å²) < 4.78 is 4.64. The molecular weight excluding hydrogens is 340 g/mol. The number of rotatable bonds is 9.